The van der Waals surface area contributed by atoms with Gasteiger partial charge in [0.15, 0.2) is 5.82 Å². The number of urea groups is 1. The van der Waals surface area contributed by atoms with Crippen LogP contribution in [0.2, 0.25) is 0 Å². The van der Waals surface area contributed by atoms with Crippen LogP contribution >= 0.6 is 0 Å². The Morgan fingerprint density at radius 2 is 2.00 bits per heavy atom. The Morgan fingerprint density at radius 1 is 1.24 bits per heavy atom. The standard InChI is InChI=1S/C37H51N7O6/c1-21(2)13-24-14-22(3)15-29(37(4,5)6)27(24)19-28-31(39-7)34(50-36(47)43-10-12-49-30(45)20-43)44-33(28)41-32(42-44)25-16-23(9-11-48-8)17-26(18-25)40-35(38)46/h16-18,21-22,24,27,29H,9-15,19-20H2,1-6,8H3,(H,41,42)(H3,38,40,46). The Balaban J connectivity index is 1.66. The van der Waals surface area contributed by atoms with Crippen molar-refractivity contribution in [1.82, 2.24) is 19.5 Å². The van der Waals surface area contributed by atoms with Crippen LogP contribution in [0.1, 0.15) is 71.9 Å². The minimum absolute atomic E-state index is 0.0237. The number of nitrogens with zero attached hydrogens (tertiary/aromatic N) is 4. The van der Waals surface area contributed by atoms with Crippen molar-refractivity contribution in [2.75, 3.05) is 38.7 Å². The highest BCUT2D eigenvalue weighted by molar-refractivity contribution is 5.89. The number of anilines is 1. The number of nitrogens with two attached hydrogens (primary N) is 1. The Morgan fingerprint density at radius 3 is 2.64 bits per heavy atom. The van der Waals surface area contributed by atoms with Crippen molar-refractivity contribution in [1.29, 1.82) is 0 Å². The third-order valence-electron chi connectivity index (χ3n) is 10.0. The van der Waals surface area contributed by atoms with Crippen molar-refractivity contribution in [3.05, 3.63) is 40.7 Å². The first-order valence-corrected chi connectivity index (χ1v) is 17.5. The molecule has 4 unspecified atom stereocenters. The third-order valence-corrected chi connectivity index (χ3v) is 10.0. The molecule has 1 saturated carbocycles. The van der Waals surface area contributed by atoms with E-state index >= 15 is 0 Å². The summed E-state index contributed by atoms with van der Waals surface area (Å²) in [6.45, 7) is 22.6. The predicted octanol–water partition coefficient (Wildman–Crippen LogP) is 6.83. The largest absolute Gasteiger partial charge is 0.462 e. The second-order valence-electron chi connectivity index (χ2n) is 15.4. The molecule has 0 spiro atoms. The normalized spacial score (nSPS) is 21.3. The highest BCUT2D eigenvalue weighted by atomic mass is 16.6. The van der Waals surface area contributed by atoms with E-state index < -0.39 is 18.1 Å². The van der Waals surface area contributed by atoms with Gasteiger partial charge in [0.2, 0.25) is 5.88 Å². The number of aromatic amines is 1. The number of methoxy groups -OCH3 is 1. The Kier molecular flexibility index (Phi) is 11.1. The molecule has 0 bridgehead atoms. The SMILES string of the molecule is [C-]#[N+]c1c(CC2C(CC(C)C)CC(C)CC2C(C)(C)C)c2nc(-c3cc(CCOC)cc(NC(N)=O)c3)[nH]n2c1OC(=O)N1CCOC(=O)C1. The number of amides is 3. The van der Waals surface area contributed by atoms with Gasteiger partial charge in [-0.25, -0.2) is 23.9 Å². The van der Waals surface area contributed by atoms with E-state index in [1.54, 1.807) is 17.7 Å². The van der Waals surface area contributed by atoms with Crippen molar-refractivity contribution < 1.29 is 28.6 Å². The molecule has 3 aromatic rings. The molecule has 2 fully saturated rings. The van der Waals surface area contributed by atoms with Gasteiger partial charge in [-0.15, -0.1) is 0 Å². The predicted molar refractivity (Wildman–Crippen MR) is 190 cm³/mol. The molecule has 1 aromatic carbocycles. The summed E-state index contributed by atoms with van der Waals surface area (Å²) in [6.07, 6.45) is 3.71. The molecular weight excluding hydrogens is 638 g/mol. The number of cyclic esters (lactones) is 1. The summed E-state index contributed by atoms with van der Waals surface area (Å²) in [6, 6.07) is 4.84. The fourth-order valence-electron chi connectivity index (χ4n) is 7.96. The van der Waals surface area contributed by atoms with Crippen LogP contribution in [0.5, 0.6) is 5.88 Å². The Hall–Kier alpha value is -4.57. The molecule has 13 nitrogen and oxygen atoms in total. The van der Waals surface area contributed by atoms with E-state index in [2.05, 4.69) is 56.8 Å². The maximum absolute atomic E-state index is 13.5. The molecule has 0 radical (unpaired) electrons. The summed E-state index contributed by atoms with van der Waals surface area (Å²) in [5.41, 5.74) is 8.98. The summed E-state index contributed by atoms with van der Waals surface area (Å²) in [5.74, 6) is 2.17. The molecule has 3 amide bonds. The van der Waals surface area contributed by atoms with Crippen LogP contribution in [0.15, 0.2) is 18.2 Å². The van der Waals surface area contributed by atoms with Crippen LogP contribution < -0.4 is 15.8 Å². The molecule has 1 aliphatic heterocycles. The number of ether oxygens (including phenoxy) is 3. The zero-order chi connectivity index (χ0) is 36.3. The topological polar surface area (TPSA) is 158 Å². The average molecular weight is 690 g/mol. The fourth-order valence-corrected chi connectivity index (χ4v) is 7.96. The molecule has 5 rings (SSSR count). The zero-order valence-electron chi connectivity index (χ0n) is 30.3. The lowest BCUT2D eigenvalue weighted by atomic mass is 9.57. The maximum atomic E-state index is 13.5. The number of rotatable bonds is 10. The number of morpholine rings is 1. The van der Waals surface area contributed by atoms with E-state index in [1.165, 1.54) is 4.90 Å². The van der Waals surface area contributed by atoms with Crippen molar-refractivity contribution >= 4 is 35.1 Å². The Bertz CT molecular complexity index is 1760. The van der Waals surface area contributed by atoms with E-state index in [1.807, 2.05) is 12.1 Å². The van der Waals surface area contributed by atoms with Gasteiger partial charge in [-0.05, 0) is 90.9 Å². The minimum atomic E-state index is -0.750. The van der Waals surface area contributed by atoms with E-state index in [4.69, 9.17) is 31.5 Å². The number of benzene rings is 1. The van der Waals surface area contributed by atoms with Crippen LogP contribution in [-0.2, 0) is 27.1 Å². The number of esters is 1. The molecular formula is C37H51N7O6. The third kappa shape index (κ3) is 8.24. The molecule has 270 valence electrons. The van der Waals surface area contributed by atoms with Gasteiger partial charge >= 0.3 is 18.1 Å². The zero-order valence-corrected chi connectivity index (χ0v) is 30.3. The second kappa shape index (κ2) is 15.1. The maximum Gasteiger partial charge on any atom is 0.416 e. The van der Waals surface area contributed by atoms with Gasteiger partial charge in [-0.2, -0.15) is 0 Å². The van der Waals surface area contributed by atoms with Gasteiger partial charge in [-0.3, -0.25) is 14.8 Å². The van der Waals surface area contributed by atoms with E-state index in [0.717, 1.165) is 30.4 Å². The molecule has 1 saturated heterocycles. The van der Waals surface area contributed by atoms with Crippen LogP contribution in [0, 0.1) is 41.6 Å². The molecule has 4 N–H and O–H groups in total. The number of nitrogens with one attached hydrogen (secondary N) is 2. The first kappa shape index (κ1) is 36.7. The van der Waals surface area contributed by atoms with Crippen LogP contribution in [-0.4, -0.2) is 71.0 Å². The second-order valence-corrected chi connectivity index (χ2v) is 15.4. The number of hydrogen-bond acceptors (Lipinski definition) is 7. The fraction of sp³-hybridized carbons (Fsp3) is 0.595. The van der Waals surface area contributed by atoms with Gasteiger partial charge in [0.1, 0.15) is 18.8 Å². The number of carbonyl (C=O) groups excluding carboxylic acids is 3. The Labute approximate surface area is 294 Å². The summed E-state index contributed by atoms with van der Waals surface area (Å²) in [4.78, 5) is 47.5. The van der Waals surface area contributed by atoms with Crippen molar-refractivity contribution in [3.8, 4) is 17.3 Å². The first-order chi connectivity index (χ1) is 23.7. The van der Waals surface area contributed by atoms with Crippen LogP contribution in [0.3, 0.4) is 0 Å². The number of primary amides is 1. The van der Waals surface area contributed by atoms with E-state index in [9.17, 15) is 14.4 Å². The van der Waals surface area contributed by atoms with Crippen molar-refractivity contribution in [3.63, 3.8) is 0 Å². The number of H-pyrrole nitrogens is 1. The van der Waals surface area contributed by atoms with Gasteiger partial charge < -0.3 is 25.3 Å². The summed E-state index contributed by atoms with van der Waals surface area (Å²) in [7, 11) is 1.62. The van der Waals surface area contributed by atoms with Crippen LogP contribution in [0.4, 0.5) is 21.0 Å². The molecule has 1 aliphatic carbocycles. The summed E-state index contributed by atoms with van der Waals surface area (Å²) >= 11 is 0. The molecule has 2 aromatic heterocycles. The lowest BCUT2D eigenvalue weighted by molar-refractivity contribution is -0.149. The molecule has 50 heavy (non-hydrogen) atoms. The summed E-state index contributed by atoms with van der Waals surface area (Å²) < 4.78 is 17.9. The smallest absolute Gasteiger partial charge is 0.416 e. The highest BCUT2D eigenvalue weighted by Gasteiger charge is 2.43. The minimum Gasteiger partial charge on any atom is -0.462 e. The van der Waals surface area contributed by atoms with Crippen molar-refractivity contribution in [2.45, 2.75) is 73.6 Å². The summed E-state index contributed by atoms with van der Waals surface area (Å²) in [5, 5.41) is 5.95. The molecule has 2 aliphatic rings. The van der Waals surface area contributed by atoms with E-state index in [0.29, 0.717) is 65.8 Å². The van der Waals surface area contributed by atoms with Gasteiger partial charge in [0, 0.05) is 23.9 Å². The lowest BCUT2D eigenvalue weighted by Gasteiger charge is -2.48. The molecule has 13 heteroatoms. The average Bonchev–Trinajstić information content (AvgIpc) is 3.58. The molecule has 4 atom stereocenters. The van der Waals surface area contributed by atoms with Crippen LogP contribution in [0.25, 0.3) is 21.9 Å². The van der Waals surface area contributed by atoms with Gasteiger partial charge in [0.25, 0.3) is 5.69 Å². The monoisotopic (exact) mass is 689 g/mol. The highest BCUT2D eigenvalue weighted by Crippen LogP contribution is 2.51. The number of fused-ring (bicyclic) bond motifs is 1. The first-order valence-electron chi connectivity index (χ1n) is 17.5. The number of hydrogen-bond donors (Lipinski definition) is 3. The number of aromatic nitrogens is 3. The quantitative estimate of drug-likeness (QED) is 0.156. The molecule has 3 heterocycles. The van der Waals surface area contributed by atoms with E-state index in [-0.39, 0.29) is 42.6 Å². The van der Waals surface area contributed by atoms with Crippen molar-refractivity contribution in [2.24, 2.45) is 40.7 Å². The van der Waals surface area contributed by atoms with Gasteiger partial charge in [-0.1, -0.05) is 41.5 Å². The number of carbonyl (C=O) groups is 3. The lowest BCUT2D eigenvalue weighted by Crippen LogP contribution is -2.44. The van der Waals surface area contributed by atoms with Gasteiger partial charge in [0.05, 0.1) is 19.7 Å².